The Kier molecular flexibility index (Phi) is 7.54. The van der Waals surface area contributed by atoms with Crippen LogP contribution in [0.3, 0.4) is 0 Å². The van der Waals surface area contributed by atoms with Gasteiger partial charge in [-0.25, -0.2) is 0 Å². The van der Waals surface area contributed by atoms with E-state index in [0.717, 1.165) is 3.57 Å². The highest BCUT2D eigenvalue weighted by atomic mass is 127. The summed E-state index contributed by atoms with van der Waals surface area (Å²) in [6.45, 7) is 0.102. The van der Waals surface area contributed by atoms with E-state index >= 15 is 0 Å². The fraction of sp³-hybridized carbons (Fsp3) is 0.100. The average Bonchev–Trinajstić information content (AvgIpc) is 2.66. The van der Waals surface area contributed by atoms with Crippen molar-refractivity contribution in [2.24, 2.45) is 0 Å². The van der Waals surface area contributed by atoms with Crippen LogP contribution in [0.4, 0.5) is 5.69 Å². The Hall–Kier alpha value is -2.68. The second kappa shape index (κ2) is 9.86. The molecule has 0 saturated heterocycles. The normalized spacial score (nSPS) is 10.5. The molecule has 0 bridgehead atoms. The molecule has 1 amide bonds. The lowest BCUT2D eigenvalue weighted by atomic mass is 10.1. The van der Waals surface area contributed by atoms with Crippen LogP contribution in [0.2, 0.25) is 5.02 Å². The van der Waals surface area contributed by atoms with Crippen molar-refractivity contribution in [3.05, 3.63) is 56.1 Å². The number of nitrogens with zero attached hydrogens (tertiary/aromatic N) is 1. The van der Waals surface area contributed by atoms with Crippen molar-refractivity contribution in [1.82, 2.24) is 0 Å². The van der Waals surface area contributed by atoms with Crippen LogP contribution in [0.5, 0.6) is 11.5 Å². The number of methoxy groups -OCH3 is 1. The number of halogens is 2. The van der Waals surface area contributed by atoms with Crippen molar-refractivity contribution < 1.29 is 14.3 Å². The number of hydrogen-bond donors (Lipinski definition) is 1. The quantitative estimate of drug-likeness (QED) is 0.279. The van der Waals surface area contributed by atoms with Gasteiger partial charge in [-0.1, -0.05) is 29.7 Å². The first-order valence-electron chi connectivity index (χ1n) is 7.61. The van der Waals surface area contributed by atoms with Crippen molar-refractivity contribution in [3.8, 4) is 29.9 Å². The van der Waals surface area contributed by atoms with Crippen LogP contribution in [0.15, 0.2) is 42.0 Å². The first-order valence-corrected chi connectivity index (χ1v) is 9.07. The molecular weight excluding hydrogens is 479 g/mol. The molecule has 2 aromatic carbocycles. The number of terminal acetylenes is 1. The maximum absolute atomic E-state index is 12.4. The van der Waals surface area contributed by atoms with Crippen LogP contribution in [0.1, 0.15) is 5.56 Å². The fourth-order valence-corrected chi connectivity index (χ4v) is 3.11. The van der Waals surface area contributed by atoms with Gasteiger partial charge in [-0.05, 0) is 58.5 Å². The number of anilines is 1. The molecule has 0 unspecified atom stereocenters. The zero-order valence-electron chi connectivity index (χ0n) is 14.3. The molecule has 27 heavy (non-hydrogen) atoms. The second-order valence-electron chi connectivity index (χ2n) is 5.13. The maximum Gasteiger partial charge on any atom is 0.266 e. The lowest BCUT2D eigenvalue weighted by Crippen LogP contribution is -2.13. The number of amides is 1. The molecule has 0 radical (unpaired) electrons. The van der Waals surface area contributed by atoms with Crippen molar-refractivity contribution in [3.63, 3.8) is 0 Å². The summed E-state index contributed by atoms with van der Waals surface area (Å²) in [5.74, 6) is 2.79. The van der Waals surface area contributed by atoms with Gasteiger partial charge in [0, 0.05) is 0 Å². The summed E-state index contributed by atoms with van der Waals surface area (Å²) in [6.07, 6.45) is 6.68. The summed E-state index contributed by atoms with van der Waals surface area (Å²) in [7, 11) is 1.50. The molecule has 0 aliphatic rings. The molecule has 136 valence electrons. The second-order valence-corrected chi connectivity index (χ2v) is 6.70. The first-order chi connectivity index (χ1) is 13.0. The molecule has 1 N–H and O–H groups in total. The molecule has 0 fully saturated rings. The van der Waals surface area contributed by atoms with Gasteiger partial charge >= 0.3 is 0 Å². The van der Waals surface area contributed by atoms with Gasteiger partial charge in [-0.15, -0.1) is 6.42 Å². The third-order valence-electron chi connectivity index (χ3n) is 3.35. The molecule has 7 heteroatoms. The third-order valence-corrected chi connectivity index (χ3v) is 4.48. The Morgan fingerprint density at radius 3 is 2.78 bits per heavy atom. The van der Waals surface area contributed by atoms with Gasteiger partial charge < -0.3 is 14.8 Å². The van der Waals surface area contributed by atoms with E-state index in [2.05, 4.69) is 33.8 Å². The van der Waals surface area contributed by atoms with E-state index in [1.807, 2.05) is 6.07 Å². The topological polar surface area (TPSA) is 71.3 Å². The minimum absolute atomic E-state index is 0.0786. The molecule has 0 atom stereocenters. The Labute approximate surface area is 176 Å². The van der Waals surface area contributed by atoms with Crippen LogP contribution in [0.25, 0.3) is 6.08 Å². The van der Waals surface area contributed by atoms with E-state index in [9.17, 15) is 10.1 Å². The van der Waals surface area contributed by atoms with Crippen molar-refractivity contribution >= 4 is 51.9 Å². The van der Waals surface area contributed by atoms with Crippen molar-refractivity contribution in [2.75, 3.05) is 19.0 Å². The van der Waals surface area contributed by atoms with Crippen LogP contribution in [-0.4, -0.2) is 19.6 Å². The predicted molar refractivity (Wildman–Crippen MR) is 114 cm³/mol. The highest BCUT2D eigenvalue weighted by Gasteiger charge is 2.14. The van der Waals surface area contributed by atoms with Crippen molar-refractivity contribution in [1.29, 1.82) is 5.26 Å². The Morgan fingerprint density at radius 1 is 1.41 bits per heavy atom. The van der Waals surface area contributed by atoms with Gasteiger partial charge in [0.05, 0.1) is 21.4 Å². The molecule has 0 aromatic heterocycles. The summed E-state index contributed by atoms with van der Waals surface area (Å²) < 4.78 is 11.5. The Morgan fingerprint density at radius 2 is 2.15 bits per heavy atom. The molecule has 0 spiro atoms. The van der Waals surface area contributed by atoms with Crippen LogP contribution in [0, 0.1) is 27.2 Å². The number of nitriles is 1. The Bertz CT molecular complexity index is 974. The average molecular weight is 493 g/mol. The predicted octanol–water partition coefficient (Wildman–Crippen LogP) is 4.51. The number of ether oxygens (including phenoxy) is 2. The van der Waals surface area contributed by atoms with Gasteiger partial charge in [-0.3, -0.25) is 4.79 Å². The SMILES string of the molecule is C#CCOc1c(I)cc(/C=C(\C#N)C(=O)Nc2ccccc2Cl)cc1OC. The summed E-state index contributed by atoms with van der Waals surface area (Å²) in [4.78, 5) is 12.4. The van der Waals surface area contributed by atoms with E-state index in [-0.39, 0.29) is 12.2 Å². The van der Waals surface area contributed by atoms with E-state index in [1.165, 1.54) is 13.2 Å². The molecule has 2 aromatic rings. The number of nitrogens with one attached hydrogen (secondary N) is 1. The zero-order valence-corrected chi connectivity index (χ0v) is 17.2. The molecule has 5 nitrogen and oxygen atoms in total. The smallest absolute Gasteiger partial charge is 0.266 e. The molecule has 0 heterocycles. The first kappa shape index (κ1) is 20.6. The summed E-state index contributed by atoms with van der Waals surface area (Å²) in [6, 6.07) is 12.1. The number of rotatable bonds is 6. The summed E-state index contributed by atoms with van der Waals surface area (Å²) in [5, 5.41) is 12.4. The van der Waals surface area contributed by atoms with E-state index < -0.39 is 5.91 Å². The van der Waals surface area contributed by atoms with Gasteiger partial charge in [0.2, 0.25) is 0 Å². The highest BCUT2D eigenvalue weighted by Crippen LogP contribution is 2.34. The zero-order chi connectivity index (χ0) is 19.8. The minimum Gasteiger partial charge on any atom is -0.493 e. The van der Waals surface area contributed by atoms with E-state index in [4.69, 9.17) is 27.5 Å². The van der Waals surface area contributed by atoms with Gasteiger partial charge in [0.25, 0.3) is 5.91 Å². The van der Waals surface area contributed by atoms with Gasteiger partial charge in [-0.2, -0.15) is 5.26 Å². The molecule has 0 aliphatic heterocycles. The molecular formula is C20H14ClIN2O3. The number of para-hydroxylation sites is 1. The molecule has 2 rings (SSSR count). The lowest BCUT2D eigenvalue weighted by molar-refractivity contribution is -0.112. The minimum atomic E-state index is -0.563. The molecule has 0 aliphatic carbocycles. The third kappa shape index (κ3) is 5.40. The fourth-order valence-electron chi connectivity index (χ4n) is 2.14. The lowest BCUT2D eigenvalue weighted by Gasteiger charge is -2.12. The van der Waals surface area contributed by atoms with E-state index in [0.29, 0.717) is 27.8 Å². The van der Waals surface area contributed by atoms with Crippen LogP contribution >= 0.6 is 34.2 Å². The maximum atomic E-state index is 12.4. The Balaban J connectivity index is 2.33. The molecule has 0 saturated carbocycles. The van der Waals surface area contributed by atoms with Gasteiger partial charge in [0.15, 0.2) is 11.5 Å². The largest absolute Gasteiger partial charge is 0.493 e. The number of carbonyl (C=O) groups is 1. The number of benzene rings is 2. The monoisotopic (exact) mass is 492 g/mol. The summed E-state index contributed by atoms with van der Waals surface area (Å²) in [5.41, 5.74) is 0.954. The van der Waals surface area contributed by atoms with Gasteiger partial charge in [0.1, 0.15) is 18.2 Å². The summed E-state index contributed by atoms with van der Waals surface area (Å²) >= 11 is 8.10. The van der Waals surface area contributed by atoms with E-state index in [1.54, 1.807) is 36.4 Å². The van der Waals surface area contributed by atoms with Crippen molar-refractivity contribution in [2.45, 2.75) is 0 Å². The number of hydrogen-bond acceptors (Lipinski definition) is 4. The highest BCUT2D eigenvalue weighted by molar-refractivity contribution is 14.1. The van der Waals surface area contributed by atoms with Crippen LogP contribution < -0.4 is 14.8 Å². The standard InChI is InChI=1S/C20H14ClIN2O3/c1-3-8-27-19-16(22)10-13(11-18(19)26-2)9-14(12-23)20(25)24-17-7-5-4-6-15(17)21/h1,4-7,9-11H,8H2,2H3,(H,24,25)/b14-9+. The van der Waals surface area contributed by atoms with Crippen LogP contribution in [-0.2, 0) is 4.79 Å². The number of carbonyl (C=O) groups excluding carboxylic acids is 1.